The van der Waals surface area contributed by atoms with Crippen LogP contribution in [0.3, 0.4) is 0 Å². The molecule has 0 unspecified atom stereocenters. The maximum atomic E-state index is 4.84. The van der Waals surface area contributed by atoms with Crippen molar-refractivity contribution >= 4 is 64.9 Å². The van der Waals surface area contributed by atoms with E-state index in [2.05, 4.69) is 77.8 Å². The number of fused-ring (bicyclic) bond motifs is 5. The summed E-state index contributed by atoms with van der Waals surface area (Å²) in [5, 5.41) is 4.55. The van der Waals surface area contributed by atoms with Crippen molar-refractivity contribution in [3.63, 3.8) is 0 Å². The van der Waals surface area contributed by atoms with Crippen LogP contribution in [0.4, 0.5) is 0 Å². The molecule has 3 nitrogen and oxygen atoms in total. The van der Waals surface area contributed by atoms with Gasteiger partial charge in [0.2, 0.25) is 0 Å². The molecule has 31 heavy (non-hydrogen) atoms. The summed E-state index contributed by atoms with van der Waals surface area (Å²) in [4.78, 5) is 13.2. The van der Waals surface area contributed by atoms with E-state index in [0.717, 1.165) is 43.2 Å². The van der Waals surface area contributed by atoms with Crippen LogP contribution < -0.4 is 0 Å². The van der Waals surface area contributed by atoms with Gasteiger partial charge in [0.15, 0.2) is 0 Å². The molecule has 3 heterocycles. The van der Waals surface area contributed by atoms with Crippen LogP contribution >= 0.6 is 22.7 Å². The van der Waals surface area contributed by atoms with Crippen molar-refractivity contribution in [2.24, 2.45) is 0 Å². The van der Waals surface area contributed by atoms with E-state index in [9.17, 15) is 0 Å². The maximum absolute atomic E-state index is 4.84. The monoisotopic (exact) mass is 433 g/mol. The van der Waals surface area contributed by atoms with Crippen LogP contribution in [0.5, 0.6) is 0 Å². The first-order valence-corrected chi connectivity index (χ1v) is 11.7. The second kappa shape index (κ2) is 6.48. The molecule has 0 spiro atoms. The number of rotatable bonds is 2. The van der Waals surface area contributed by atoms with Crippen LogP contribution in [0.25, 0.3) is 63.4 Å². The molecule has 0 bridgehead atoms. The third-order valence-electron chi connectivity index (χ3n) is 5.68. The summed E-state index contributed by atoms with van der Waals surface area (Å²) < 4.78 is 2.43. The van der Waals surface area contributed by atoms with Crippen LogP contribution in [0, 0.1) is 0 Å². The Morgan fingerprint density at radius 1 is 0.548 bits per heavy atom. The quantitative estimate of drug-likeness (QED) is 0.301. The van der Waals surface area contributed by atoms with Gasteiger partial charge in [-0.25, -0.2) is 9.97 Å². The molecule has 0 aliphatic heterocycles. The Hall–Kier alpha value is -3.54. The summed E-state index contributed by atoms with van der Waals surface area (Å²) in [6.45, 7) is 0. The fraction of sp³-hybridized carbons (Fsp3) is 0. The lowest BCUT2D eigenvalue weighted by Gasteiger charge is -1.99. The molecule has 4 aromatic carbocycles. The first-order valence-electron chi connectivity index (χ1n) is 10.1. The number of thiazole rings is 2. The van der Waals surface area contributed by atoms with Crippen LogP contribution in [-0.2, 0) is 0 Å². The molecular weight excluding hydrogens is 418 g/mol. The molecule has 0 aliphatic carbocycles. The Bertz CT molecular complexity index is 1560. The van der Waals surface area contributed by atoms with Gasteiger partial charge in [-0.2, -0.15) is 0 Å². The number of H-pyrrole nitrogens is 1. The van der Waals surface area contributed by atoms with Crippen LogP contribution in [0.1, 0.15) is 0 Å². The summed E-state index contributed by atoms with van der Waals surface area (Å²) >= 11 is 3.48. The van der Waals surface area contributed by atoms with Crippen molar-refractivity contribution in [2.45, 2.75) is 0 Å². The summed E-state index contributed by atoms with van der Waals surface area (Å²) in [5.41, 5.74) is 6.70. The molecule has 0 saturated carbocycles. The Morgan fingerprint density at radius 3 is 1.52 bits per heavy atom. The molecule has 0 atom stereocenters. The Kier molecular flexibility index (Phi) is 3.59. The minimum atomic E-state index is 1.06. The van der Waals surface area contributed by atoms with Gasteiger partial charge in [0, 0.05) is 32.9 Å². The predicted molar refractivity (Wildman–Crippen MR) is 133 cm³/mol. The van der Waals surface area contributed by atoms with Crippen molar-refractivity contribution in [3.8, 4) is 21.1 Å². The second-order valence-corrected chi connectivity index (χ2v) is 9.68. The molecule has 0 amide bonds. The molecule has 1 N–H and O–H groups in total. The summed E-state index contributed by atoms with van der Waals surface area (Å²) in [6.07, 6.45) is 0. The lowest BCUT2D eigenvalue weighted by Crippen LogP contribution is -1.77. The third kappa shape index (κ3) is 2.71. The lowest BCUT2D eigenvalue weighted by molar-refractivity contribution is 1.48. The zero-order valence-electron chi connectivity index (χ0n) is 16.3. The topological polar surface area (TPSA) is 41.6 Å². The van der Waals surface area contributed by atoms with Gasteiger partial charge in [0.05, 0.1) is 20.4 Å². The van der Waals surface area contributed by atoms with E-state index in [1.165, 1.54) is 20.2 Å². The summed E-state index contributed by atoms with van der Waals surface area (Å²) in [5.74, 6) is 0. The van der Waals surface area contributed by atoms with E-state index in [-0.39, 0.29) is 0 Å². The van der Waals surface area contributed by atoms with E-state index in [4.69, 9.17) is 9.97 Å². The zero-order valence-corrected chi connectivity index (χ0v) is 17.9. The summed E-state index contributed by atoms with van der Waals surface area (Å²) in [7, 11) is 0. The molecule has 0 fully saturated rings. The average molecular weight is 434 g/mol. The molecule has 3 aromatic heterocycles. The van der Waals surface area contributed by atoms with Gasteiger partial charge in [-0.3, -0.25) is 0 Å². The van der Waals surface area contributed by atoms with Gasteiger partial charge < -0.3 is 4.98 Å². The van der Waals surface area contributed by atoms with E-state index in [1.54, 1.807) is 22.7 Å². The Labute approximate surface area is 185 Å². The molecule has 0 aliphatic rings. The second-order valence-electron chi connectivity index (χ2n) is 7.62. The van der Waals surface area contributed by atoms with Crippen molar-refractivity contribution in [1.82, 2.24) is 15.0 Å². The highest BCUT2D eigenvalue weighted by molar-refractivity contribution is 7.22. The molecule has 7 rings (SSSR count). The van der Waals surface area contributed by atoms with E-state index in [1.807, 2.05) is 12.1 Å². The number of aromatic amines is 1. The number of hydrogen-bond acceptors (Lipinski definition) is 4. The van der Waals surface area contributed by atoms with E-state index < -0.39 is 0 Å². The average Bonchev–Trinajstić information content (AvgIpc) is 3.52. The molecule has 0 radical (unpaired) electrons. The third-order valence-corrected chi connectivity index (χ3v) is 7.85. The van der Waals surface area contributed by atoms with E-state index in [0.29, 0.717) is 0 Å². The SMILES string of the molecule is c1ccc2sc(-c3ccc4[nH]c5ccc(-c6nc7ccccc7s6)cc5c4c3)nc2c1. The van der Waals surface area contributed by atoms with Gasteiger partial charge in [-0.1, -0.05) is 24.3 Å². The van der Waals surface area contributed by atoms with Gasteiger partial charge in [0.25, 0.3) is 0 Å². The van der Waals surface area contributed by atoms with Crippen LogP contribution in [0.15, 0.2) is 84.9 Å². The van der Waals surface area contributed by atoms with Gasteiger partial charge >= 0.3 is 0 Å². The smallest absolute Gasteiger partial charge is 0.124 e. The highest BCUT2D eigenvalue weighted by Crippen LogP contribution is 2.37. The van der Waals surface area contributed by atoms with Gasteiger partial charge in [-0.15, -0.1) is 22.7 Å². The van der Waals surface area contributed by atoms with Crippen molar-refractivity contribution < 1.29 is 0 Å². The van der Waals surface area contributed by atoms with E-state index >= 15 is 0 Å². The number of benzene rings is 4. The number of nitrogens with zero attached hydrogens (tertiary/aromatic N) is 2. The Morgan fingerprint density at radius 2 is 1.03 bits per heavy atom. The zero-order chi connectivity index (χ0) is 20.4. The molecular formula is C26H15N3S2. The number of para-hydroxylation sites is 2. The normalized spacial score (nSPS) is 11.9. The standard InChI is InChI=1S/C26H15N3S2/c1-3-7-23-21(5-1)28-25(30-23)15-9-11-19-17(13-15)18-14-16(10-12-20(18)27-19)26-29-22-6-2-4-8-24(22)31-26/h1-14,27H. The van der Waals surface area contributed by atoms with Crippen LogP contribution in [0.2, 0.25) is 0 Å². The van der Waals surface area contributed by atoms with Gasteiger partial charge in [-0.05, 0) is 60.7 Å². The van der Waals surface area contributed by atoms with Crippen LogP contribution in [-0.4, -0.2) is 15.0 Å². The minimum Gasteiger partial charge on any atom is -0.355 e. The van der Waals surface area contributed by atoms with Crippen molar-refractivity contribution in [1.29, 1.82) is 0 Å². The minimum absolute atomic E-state index is 1.06. The van der Waals surface area contributed by atoms with Crippen molar-refractivity contribution in [2.75, 3.05) is 0 Å². The number of hydrogen-bond donors (Lipinski definition) is 1. The predicted octanol–water partition coefficient (Wildman–Crippen LogP) is 7.87. The maximum Gasteiger partial charge on any atom is 0.124 e. The highest BCUT2D eigenvalue weighted by Gasteiger charge is 2.12. The Balaban J connectivity index is 1.41. The molecule has 146 valence electrons. The fourth-order valence-corrected chi connectivity index (χ4v) is 6.08. The lowest BCUT2D eigenvalue weighted by atomic mass is 10.1. The fourth-order valence-electron chi connectivity index (χ4n) is 4.15. The first-order chi connectivity index (χ1) is 15.3. The summed E-state index contributed by atoms with van der Waals surface area (Å²) in [6, 6.07) is 29.8. The molecule has 0 saturated heterocycles. The number of aromatic nitrogens is 3. The highest BCUT2D eigenvalue weighted by atomic mass is 32.1. The van der Waals surface area contributed by atoms with Gasteiger partial charge in [0.1, 0.15) is 10.0 Å². The molecule has 7 aromatic rings. The number of nitrogens with one attached hydrogen (secondary N) is 1. The van der Waals surface area contributed by atoms with Crippen molar-refractivity contribution in [3.05, 3.63) is 84.9 Å². The molecule has 5 heteroatoms. The first kappa shape index (κ1) is 17.2. The largest absolute Gasteiger partial charge is 0.355 e.